The Morgan fingerprint density at radius 1 is 1.09 bits per heavy atom. The van der Waals surface area contributed by atoms with Gasteiger partial charge in [0.05, 0.1) is 11.3 Å². The van der Waals surface area contributed by atoms with Gasteiger partial charge in [0.1, 0.15) is 5.75 Å². The second-order valence-corrected chi connectivity index (χ2v) is 7.66. The predicted octanol–water partition coefficient (Wildman–Crippen LogP) is 5.79. The van der Waals surface area contributed by atoms with Crippen molar-refractivity contribution in [1.29, 1.82) is 0 Å². The summed E-state index contributed by atoms with van der Waals surface area (Å²) in [6.07, 6.45) is -3.51. The first-order chi connectivity index (χ1) is 16.0. The maximum absolute atomic E-state index is 12.9. The van der Waals surface area contributed by atoms with Gasteiger partial charge in [0.25, 0.3) is 0 Å². The lowest BCUT2D eigenvalue weighted by Gasteiger charge is -2.27. The number of anilines is 1. The van der Waals surface area contributed by atoms with Gasteiger partial charge >= 0.3 is 18.4 Å². The quantitative estimate of drug-likeness (QED) is 0.453. The molecule has 2 N–H and O–H groups in total. The van der Waals surface area contributed by atoms with E-state index in [1.54, 1.807) is 11.0 Å². The Hall–Kier alpha value is -4.08. The summed E-state index contributed by atoms with van der Waals surface area (Å²) in [5.74, 6) is -1.44. The number of carboxylic acid groups (broad SMARTS) is 1. The monoisotopic (exact) mass is 473 g/mol. The molecule has 0 aliphatic carbocycles. The number of hydrogen-bond acceptors (Lipinski definition) is 4. The molecule has 10 heteroatoms. The Kier molecular flexibility index (Phi) is 7.40. The molecule has 0 saturated carbocycles. The van der Waals surface area contributed by atoms with Crippen molar-refractivity contribution in [3.05, 3.63) is 78.0 Å². The van der Waals surface area contributed by atoms with E-state index in [0.717, 1.165) is 23.3 Å². The van der Waals surface area contributed by atoms with Gasteiger partial charge in [0.15, 0.2) is 0 Å². The SMILES string of the molecule is CC(C)N(Cc1cccc(-c2ccc(C(=O)O)cn2)c1)C(=O)Nc1ccc(OC(F)(F)F)cc1. The normalized spacial score (nSPS) is 11.2. The predicted molar refractivity (Wildman–Crippen MR) is 119 cm³/mol. The Labute approximate surface area is 193 Å². The Bertz CT molecular complexity index is 1150. The molecular formula is C24H22F3N3O4. The molecule has 0 spiro atoms. The molecule has 0 aliphatic heterocycles. The summed E-state index contributed by atoms with van der Waals surface area (Å²) < 4.78 is 40.8. The summed E-state index contributed by atoms with van der Waals surface area (Å²) in [7, 11) is 0. The van der Waals surface area contributed by atoms with Gasteiger partial charge in [-0.25, -0.2) is 9.59 Å². The summed E-state index contributed by atoms with van der Waals surface area (Å²) in [4.78, 5) is 29.6. The minimum atomic E-state index is -4.79. The lowest BCUT2D eigenvalue weighted by molar-refractivity contribution is -0.274. The highest BCUT2D eigenvalue weighted by atomic mass is 19.4. The average molecular weight is 473 g/mol. The van der Waals surface area contributed by atoms with Gasteiger partial charge in [-0.15, -0.1) is 13.2 Å². The van der Waals surface area contributed by atoms with Gasteiger partial charge in [0, 0.05) is 30.0 Å². The van der Waals surface area contributed by atoms with E-state index < -0.39 is 18.4 Å². The summed E-state index contributed by atoms with van der Waals surface area (Å²) in [5.41, 5.74) is 2.58. The van der Waals surface area contributed by atoms with E-state index in [-0.39, 0.29) is 23.9 Å². The number of benzene rings is 2. The van der Waals surface area contributed by atoms with Gasteiger partial charge in [-0.3, -0.25) is 4.98 Å². The highest BCUT2D eigenvalue weighted by molar-refractivity contribution is 5.89. The molecule has 3 rings (SSSR count). The fraction of sp³-hybridized carbons (Fsp3) is 0.208. The largest absolute Gasteiger partial charge is 0.573 e. The molecule has 178 valence electrons. The summed E-state index contributed by atoms with van der Waals surface area (Å²) in [6, 6.07) is 14.7. The van der Waals surface area contributed by atoms with Crippen molar-refractivity contribution in [3.63, 3.8) is 0 Å². The molecule has 3 aromatic rings. The van der Waals surface area contributed by atoms with Gasteiger partial charge < -0.3 is 20.1 Å². The van der Waals surface area contributed by atoms with Crippen LogP contribution in [-0.4, -0.2) is 39.4 Å². The molecule has 2 aromatic carbocycles. The number of aromatic carboxylic acids is 1. The van der Waals surface area contributed by atoms with Crippen LogP contribution in [0.3, 0.4) is 0 Å². The van der Waals surface area contributed by atoms with E-state index in [9.17, 15) is 22.8 Å². The fourth-order valence-electron chi connectivity index (χ4n) is 3.14. The smallest absolute Gasteiger partial charge is 0.478 e. The number of ether oxygens (including phenoxy) is 1. The lowest BCUT2D eigenvalue weighted by atomic mass is 10.1. The Balaban J connectivity index is 1.71. The number of nitrogens with zero attached hydrogens (tertiary/aromatic N) is 2. The second kappa shape index (κ2) is 10.2. The number of urea groups is 1. The summed E-state index contributed by atoms with van der Waals surface area (Å²) in [6.45, 7) is 3.95. The van der Waals surface area contributed by atoms with Crippen LogP contribution in [0, 0.1) is 0 Å². The molecule has 2 amide bonds. The number of amides is 2. The number of carbonyl (C=O) groups is 2. The van der Waals surface area contributed by atoms with Crippen molar-refractivity contribution in [2.45, 2.75) is 32.8 Å². The van der Waals surface area contributed by atoms with E-state index in [4.69, 9.17) is 5.11 Å². The third kappa shape index (κ3) is 6.71. The van der Waals surface area contributed by atoms with Crippen LogP contribution >= 0.6 is 0 Å². The first-order valence-electron chi connectivity index (χ1n) is 10.2. The number of aromatic nitrogens is 1. The van der Waals surface area contributed by atoms with Gasteiger partial charge in [-0.1, -0.05) is 18.2 Å². The zero-order valence-corrected chi connectivity index (χ0v) is 18.3. The van der Waals surface area contributed by atoms with Crippen LogP contribution in [0.25, 0.3) is 11.3 Å². The highest BCUT2D eigenvalue weighted by Crippen LogP contribution is 2.25. The molecule has 0 fully saturated rings. The maximum Gasteiger partial charge on any atom is 0.573 e. The average Bonchev–Trinajstić information content (AvgIpc) is 2.78. The van der Waals surface area contributed by atoms with Crippen LogP contribution in [0.1, 0.15) is 29.8 Å². The Morgan fingerprint density at radius 2 is 1.79 bits per heavy atom. The number of rotatable bonds is 7. The molecule has 0 radical (unpaired) electrons. The fourth-order valence-corrected chi connectivity index (χ4v) is 3.14. The van der Waals surface area contributed by atoms with Crippen LogP contribution in [0.15, 0.2) is 66.9 Å². The molecule has 1 aromatic heterocycles. The molecule has 1 heterocycles. The summed E-state index contributed by atoms with van der Waals surface area (Å²) in [5, 5.41) is 11.7. The van der Waals surface area contributed by atoms with E-state index >= 15 is 0 Å². The zero-order valence-electron chi connectivity index (χ0n) is 18.3. The van der Waals surface area contributed by atoms with Crippen LogP contribution in [0.5, 0.6) is 5.75 Å². The van der Waals surface area contributed by atoms with Gasteiger partial charge in [-0.2, -0.15) is 0 Å². The molecule has 0 saturated heterocycles. The van der Waals surface area contributed by atoms with E-state index in [2.05, 4.69) is 15.0 Å². The number of halogens is 3. The van der Waals surface area contributed by atoms with Crippen LogP contribution in [0.4, 0.5) is 23.7 Å². The van der Waals surface area contributed by atoms with Gasteiger partial charge in [0.2, 0.25) is 0 Å². The molecule has 0 bridgehead atoms. The van der Waals surface area contributed by atoms with Crippen LogP contribution < -0.4 is 10.1 Å². The third-order valence-corrected chi connectivity index (χ3v) is 4.81. The number of carboxylic acids is 1. The van der Waals surface area contributed by atoms with Crippen LogP contribution in [-0.2, 0) is 6.54 Å². The molecular weight excluding hydrogens is 451 g/mol. The number of hydrogen-bond donors (Lipinski definition) is 2. The lowest BCUT2D eigenvalue weighted by Crippen LogP contribution is -2.39. The number of carbonyl (C=O) groups excluding carboxylic acids is 1. The third-order valence-electron chi connectivity index (χ3n) is 4.81. The molecule has 0 unspecified atom stereocenters. The number of alkyl halides is 3. The van der Waals surface area contributed by atoms with Crippen molar-refractivity contribution in [2.75, 3.05) is 5.32 Å². The van der Waals surface area contributed by atoms with Crippen molar-refractivity contribution in [1.82, 2.24) is 9.88 Å². The molecule has 0 atom stereocenters. The van der Waals surface area contributed by atoms with E-state index in [1.165, 1.54) is 24.4 Å². The van der Waals surface area contributed by atoms with Crippen molar-refractivity contribution >= 4 is 17.7 Å². The molecule has 0 aliphatic rings. The standard InChI is InChI=1S/C24H22F3N3O4/c1-15(2)30(23(33)29-19-7-9-20(10-8-19)34-24(25,26)27)14-16-4-3-5-17(12-16)21-11-6-18(13-28-21)22(31)32/h3-13,15H,14H2,1-2H3,(H,29,33)(H,31,32). The molecule has 34 heavy (non-hydrogen) atoms. The highest BCUT2D eigenvalue weighted by Gasteiger charge is 2.31. The van der Waals surface area contributed by atoms with Crippen molar-refractivity contribution in [3.8, 4) is 17.0 Å². The van der Waals surface area contributed by atoms with E-state index in [0.29, 0.717) is 11.4 Å². The number of nitrogens with one attached hydrogen (secondary N) is 1. The minimum absolute atomic E-state index is 0.0839. The minimum Gasteiger partial charge on any atom is -0.478 e. The van der Waals surface area contributed by atoms with E-state index in [1.807, 2.05) is 38.1 Å². The summed E-state index contributed by atoms with van der Waals surface area (Å²) >= 11 is 0. The van der Waals surface area contributed by atoms with Crippen molar-refractivity contribution < 1.29 is 32.6 Å². The Morgan fingerprint density at radius 3 is 2.35 bits per heavy atom. The van der Waals surface area contributed by atoms with Gasteiger partial charge in [-0.05, 0) is 61.9 Å². The first-order valence-corrected chi connectivity index (χ1v) is 10.2. The molecule has 7 nitrogen and oxygen atoms in total. The first kappa shape index (κ1) is 24.6. The van der Waals surface area contributed by atoms with Crippen LogP contribution in [0.2, 0.25) is 0 Å². The number of pyridine rings is 1. The topological polar surface area (TPSA) is 91.8 Å². The zero-order chi connectivity index (χ0) is 24.9. The maximum atomic E-state index is 12.9. The van der Waals surface area contributed by atoms with Crippen molar-refractivity contribution in [2.24, 2.45) is 0 Å². The second-order valence-electron chi connectivity index (χ2n) is 7.66.